The van der Waals surface area contributed by atoms with Crippen molar-refractivity contribution in [3.63, 3.8) is 0 Å². The molecule has 1 amide bonds. The van der Waals surface area contributed by atoms with Gasteiger partial charge in [-0.2, -0.15) is 0 Å². The van der Waals surface area contributed by atoms with Crippen LogP contribution in [0.2, 0.25) is 0 Å². The minimum Gasteiger partial charge on any atom is -0.381 e. The summed E-state index contributed by atoms with van der Waals surface area (Å²) in [6, 6.07) is 12.3. The third-order valence-corrected chi connectivity index (χ3v) is 5.91. The zero-order valence-corrected chi connectivity index (χ0v) is 17.1. The highest BCUT2D eigenvalue weighted by atomic mass is 16.5. The summed E-state index contributed by atoms with van der Waals surface area (Å²) < 4.78 is 5.31. The van der Waals surface area contributed by atoms with Crippen LogP contribution < -0.4 is 15.5 Å². The third-order valence-electron chi connectivity index (χ3n) is 5.91. The first-order valence-electron chi connectivity index (χ1n) is 10.6. The second kappa shape index (κ2) is 9.27. The lowest BCUT2D eigenvalue weighted by Crippen LogP contribution is -2.32. The molecule has 2 fully saturated rings. The van der Waals surface area contributed by atoms with Crippen LogP contribution in [0.15, 0.2) is 42.6 Å². The smallest absolute Gasteiger partial charge is 0.228 e. The van der Waals surface area contributed by atoms with Gasteiger partial charge < -0.3 is 20.3 Å². The fourth-order valence-electron chi connectivity index (χ4n) is 3.92. The molecule has 0 spiro atoms. The molecule has 4 rings (SSSR count). The van der Waals surface area contributed by atoms with Crippen LogP contribution in [-0.4, -0.2) is 37.2 Å². The van der Waals surface area contributed by atoms with Crippen LogP contribution >= 0.6 is 0 Å². The number of pyridine rings is 1. The molecule has 2 aromatic rings. The number of hydrogen-bond acceptors (Lipinski definition) is 5. The topological polar surface area (TPSA) is 66.5 Å². The number of amides is 1. The number of carbonyl (C=O) groups is 1. The molecule has 0 bridgehead atoms. The first-order valence-corrected chi connectivity index (χ1v) is 10.6. The molecule has 2 aliphatic rings. The Morgan fingerprint density at radius 1 is 1.00 bits per heavy atom. The molecular formula is C23H30N4O2. The largest absolute Gasteiger partial charge is 0.381 e. The van der Waals surface area contributed by atoms with E-state index in [1.165, 1.54) is 18.5 Å². The third kappa shape index (κ3) is 5.26. The van der Waals surface area contributed by atoms with Gasteiger partial charge in [-0.05, 0) is 68.0 Å². The van der Waals surface area contributed by atoms with E-state index in [2.05, 4.69) is 51.7 Å². The van der Waals surface area contributed by atoms with Crippen molar-refractivity contribution >= 4 is 28.8 Å². The number of piperidine rings is 1. The summed E-state index contributed by atoms with van der Waals surface area (Å²) in [5.41, 5.74) is 3.21. The Bertz CT molecular complexity index is 793. The van der Waals surface area contributed by atoms with E-state index >= 15 is 0 Å². The molecule has 0 atom stereocenters. The van der Waals surface area contributed by atoms with Crippen molar-refractivity contribution in [3.05, 3.63) is 42.6 Å². The van der Waals surface area contributed by atoms with Crippen LogP contribution in [0.4, 0.5) is 22.9 Å². The standard InChI is InChI=1S/C23H30N4O2/c1-17-8-12-27(13-9-17)21-5-2-19(3-6-21)25-20-4-7-22(24-16-20)26-23(28)18-10-14-29-15-11-18/h2-7,16-18,25H,8-15H2,1H3,(H,24,26,28). The molecule has 0 radical (unpaired) electrons. The van der Waals surface area contributed by atoms with Crippen molar-refractivity contribution in [1.29, 1.82) is 0 Å². The van der Waals surface area contributed by atoms with Crippen molar-refractivity contribution < 1.29 is 9.53 Å². The molecule has 1 aromatic heterocycles. The molecule has 6 heteroatoms. The van der Waals surface area contributed by atoms with Gasteiger partial charge in [-0.3, -0.25) is 4.79 Å². The van der Waals surface area contributed by atoms with Gasteiger partial charge in [0.05, 0.1) is 11.9 Å². The highest BCUT2D eigenvalue weighted by Crippen LogP contribution is 2.25. The van der Waals surface area contributed by atoms with E-state index in [4.69, 9.17) is 4.74 Å². The predicted molar refractivity (Wildman–Crippen MR) is 117 cm³/mol. The van der Waals surface area contributed by atoms with Gasteiger partial charge in [0.25, 0.3) is 0 Å². The first kappa shape index (κ1) is 19.7. The van der Waals surface area contributed by atoms with Crippen molar-refractivity contribution in [1.82, 2.24) is 4.98 Å². The molecule has 29 heavy (non-hydrogen) atoms. The van der Waals surface area contributed by atoms with Gasteiger partial charge >= 0.3 is 0 Å². The van der Waals surface area contributed by atoms with Crippen molar-refractivity contribution in [2.75, 3.05) is 41.8 Å². The van der Waals surface area contributed by atoms with Crippen LogP contribution in [0, 0.1) is 11.8 Å². The second-order valence-corrected chi connectivity index (χ2v) is 8.15. The van der Waals surface area contributed by atoms with E-state index in [1.54, 1.807) is 6.20 Å². The average molecular weight is 395 g/mol. The Hall–Kier alpha value is -2.60. The quantitative estimate of drug-likeness (QED) is 0.785. The van der Waals surface area contributed by atoms with Crippen molar-refractivity contribution in [2.45, 2.75) is 32.6 Å². The maximum atomic E-state index is 12.3. The van der Waals surface area contributed by atoms with E-state index in [1.807, 2.05) is 12.1 Å². The first-order chi connectivity index (χ1) is 14.2. The molecule has 2 saturated heterocycles. The molecule has 3 heterocycles. The normalized spacial score (nSPS) is 18.4. The number of aromatic nitrogens is 1. The molecule has 0 aliphatic carbocycles. The number of nitrogens with zero attached hydrogens (tertiary/aromatic N) is 2. The molecule has 0 saturated carbocycles. The summed E-state index contributed by atoms with van der Waals surface area (Å²) in [7, 11) is 0. The van der Waals surface area contributed by atoms with Gasteiger partial charge in [0.2, 0.25) is 5.91 Å². The summed E-state index contributed by atoms with van der Waals surface area (Å²) >= 11 is 0. The molecule has 6 nitrogen and oxygen atoms in total. The van der Waals surface area contributed by atoms with Gasteiger partial charge in [-0.1, -0.05) is 6.92 Å². The highest BCUT2D eigenvalue weighted by Gasteiger charge is 2.21. The number of nitrogens with one attached hydrogen (secondary N) is 2. The fourth-order valence-corrected chi connectivity index (χ4v) is 3.92. The number of carbonyl (C=O) groups excluding carboxylic acids is 1. The Kier molecular flexibility index (Phi) is 6.30. The molecule has 154 valence electrons. The Morgan fingerprint density at radius 2 is 1.69 bits per heavy atom. The second-order valence-electron chi connectivity index (χ2n) is 8.15. The van der Waals surface area contributed by atoms with Gasteiger partial charge in [0.1, 0.15) is 5.82 Å². The zero-order chi connectivity index (χ0) is 20.1. The molecule has 1 aromatic carbocycles. The lowest BCUT2D eigenvalue weighted by atomic mass is 9.99. The summed E-state index contributed by atoms with van der Waals surface area (Å²) in [5.74, 6) is 1.47. The van der Waals surface area contributed by atoms with E-state index in [0.29, 0.717) is 19.0 Å². The van der Waals surface area contributed by atoms with E-state index in [9.17, 15) is 4.79 Å². The van der Waals surface area contributed by atoms with E-state index in [0.717, 1.165) is 43.2 Å². The van der Waals surface area contributed by atoms with Gasteiger partial charge in [-0.25, -0.2) is 4.98 Å². The highest BCUT2D eigenvalue weighted by molar-refractivity contribution is 5.91. The van der Waals surface area contributed by atoms with Crippen LogP contribution in [0.5, 0.6) is 0 Å². The number of ether oxygens (including phenoxy) is 1. The van der Waals surface area contributed by atoms with Gasteiger partial charge in [-0.15, -0.1) is 0 Å². The number of benzene rings is 1. The van der Waals surface area contributed by atoms with Gasteiger partial charge in [0.15, 0.2) is 0 Å². The van der Waals surface area contributed by atoms with Crippen LogP contribution in [0.25, 0.3) is 0 Å². The SMILES string of the molecule is CC1CCN(c2ccc(Nc3ccc(NC(=O)C4CCOCC4)nc3)cc2)CC1. The fraction of sp³-hybridized carbons (Fsp3) is 0.478. The van der Waals surface area contributed by atoms with Crippen molar-refractivity contribution in [3.8, 4) is 0 Å². The lowest BCUT2D eigenvalue weighted by Gasteiger charge is -2.32. The summed E-state index contributed by atoms with van der Waals surface area (Å²) in [6.45, 7) is 5.92. The molecular weight excluding hydrogens is 364 g/mol. The maximum Gasteiger partial charge on any atom is 0.228 e. The Labute approximate surface area is 172 Å². The Morgan fingerprint density at radius 3 is 2.34 bits per heavy atom. The van der Waals surface area contributed by atoms with E-state index < -0.39 is 0 Å². The minimum absolute atomic E-state index is 0.0185. The molecule has 2 N–H and O–H groups in total. The predicted octanol–water partition coefficient (Wildman–Crippen LogP) is 4.43. The minimum atomic E-state index is 0.0185. The maximum absolute atomic E-state index is 12.3. The van der Waals surface area contributed by atoms with Crippen LogP contribution in [-0.2, 0) is 9.53 Å². The molecule has 0 unspecified atom stereocenters. The number of anilines is 4. The van der Waals surface area contributed by atoms with Gasteiger partial charge in [0, 0.05) is 43.6 Å². The van der Waals surface area contributed by atoms with Crippen LogP contribution in [0.1, 0.15) is 32.6 Å². The number of rotatable bonds is 5. The van der Waals surface area contributed by atoms with E-state index in [-0.39, 0.29) is 11.8 Å². The Balaban J connectivity index is 1.31. The average Bonchev–Trinajstić information content (AvgIpc) is 2.77. The summed E-state index contributed by atoms with van der Waals surface area (Å²) in [5, 5.41) is 6.29. The molecule has 2 aliphatic heterocycles. The summed E-state index contributed by atoms with van der Waals surface area (Å²) in [4.78, 5) is 19.1. The summed E-state index contributed by atoms with van der Waals surface area (Å²) in [6.07, 6.45) is 5.83. The van der Waals surface area contributed by atoms with Crippen LogP contribution in [0.3, 0.4) is 0 Å². The monoisotopic (exact) mass is 394 g/mol. The van der Waals surface area contributed by atoms with Crippen molar-refractivity contribution in [2.24, 2.45) is 11.8 Å². The lowest BCUT2D eigenvalue weighted by molar-refractivity contribution is -0.122. The number of hydrogen-bond donors (Lipinski definition) is 2. The zero-order valence-electron chi connectivity index (χ0n) is 17.1.